The molecule has 0 radical (unpaired) electrons. The van der Waals surface area contributed by atoms with Gasteiger partial charge in [0.15, 0.2) is 5.69 Å². The first-order valence-corrected chi connectivity index (χ1v) is 15.3. The minimum absolute atomic E-state index is 0.0704. The molecule has 4 aliphatic carbocycles. The number of benzene rings is 1. The molecular formula is C32H44ClN3O. The first-order chi connectivity index (χ1) is 17.8. The molecule has 5 heteroatoms. The number of fused-ring (bicyclic) bond motifs is 3. The van der Waals surface area contributed by atoms with Crippen molar-refractivity contribution in [2.24, 2.45) is 16.7 Å². The predicted octanol–water partition coefficient (Wildman–Crippen LogP) is 8.04. The second-order valence-electron chi connectivity index (χ2n) is 13.5. The van der Waals surface area contributed by atoms with E-state index < -0.39 is 0 Å². The molecule has 37 heavy (non-hydrogen) atoms. The fourth-order valence-electron chi connectivity index (χ4n) is 8.79. The van der Waals surface area contributed by atoms with E-state index in [4.69, 9.17) is 16.7 Å². The molecule has 0 aliphatic heterocycles. The number of carbonyl (C=O) groups is 1. The Bertz CT molecular complexity index is 1160. The molecule has 4 aliphatic rings. The average Bonchev–Trinajstić information content (AvgIpc) is 3.46. The van der Waals surface area contributed by atoms with Crippen LogP contribution in [0.5, 0.6) is 0 Å². The van der Waals surface area contributed by atoms with E-state index in [0.717, 1.165) is 36.4 Å². The fraction of sp³-hybridized carbons (Fsp3) is 0.688. The zero-order chi connectivity index (χ0) is 25.8. The first-order valence-electron chi connectivity index (χ1n) is 14.9. The zero-order valence-corrected chi connectivity index (χ0v) is 23.7. The smallest absolute Gasteiger partial charge is 0.272 e. The van der Waals surface area contributed by atoms with E-state index in [9.17, 15) is 4.79 Å². The monoisotopic (exact) mass is 521 g/mol. The van der Waals surface area contributed by atoms with Crippen LogP contribution in [-0.4, -0.2) is 21.7 Å². The van der Waals surface area contributed by atoms with Gasteiger partial charge < -0.3 is 5.32 Å². The molecular weight excluding hydrogens is 478 g/mol. The van der Waals surface area contributed by atoms with Crippen molar-refractivity contribution < 1.29 is 4.79 Å². The molecule has 1 aromatic carbocycles. The minimum atomic E-state index is 0.0704. The van der Waals surface area contributed by atoms with Crippen molar-refractivity contribution in [2.45, 2.75) is 122 Å². The summed E-state index contributed by atoms with van der Waals surface area (Å²) in [5, 5.41) is 9.60. The van der Waals surface area contributed by atoms with Crippen molar-refractivity contribution in [3.05, 3.63) is 51.8 Å². The van der Waals surface area contributed by atoms with Crippen molar-refractivity contribution in [1.29, 1.82) is 0 Å². The summed E-state index contributed by atoms with van der Waals surface area (Å²) < 4.78 is 2.34. The van der Waals surface area contributed by atoms with Crippen LogP contribution in [0.3, 0.4) is 0 Å². The number of nitrogens with zero attached hydrogens (tertiary/aromatic N) is 2. The molecule has 1 aromatic heterocycles. The zero-order valence-electron chi connectivity index (χ0n) is 23.0. The van der Waals surface area contributed by atoms with Crippen LogP contribution in [0.4, 0.5) is 0 Å². The molecule has 4 nitrogen and oxygen atoms in total. The van der Waals surface area contributed by atoms with Gasteiger partial charge in [-0.05, 0) is 92.2 Å². The maximum absolute atomic E-state index is 14.1. The first kappa shape index (κ1) is 25.5. The largest absolute Gasteiger partial charge is 0.347 e. The molecule has 0 saturated heterocycles. The van der Waals surface area contributed by atoms with E-state index in [2.05, 4.69) is 49.0 Å². The topological polar surface area (TPSA) is 46.9 Å². The van der Waals surface area contributed by atoms with Gasteiger partial charge in [0, 0.05) is 28.2 Å². The van der Waals surface area contributed by atoms with Gasteiger partial charge >= 0.3 is 0 Å². The number of amides is 1. The van der Waals surface area contributed by atoms with Gasteiger partial charge in [0.25, 0.3) is 5.91 Å². The Kier molecular flexibility index (Phi) is 6.70. The normalized spacial score (nSPS) is 31.2. The number of hydrogen-bond donors (Lipinski definition) is 1. The van der Waals surface area contributed by atoms with Crippen molar-refractivity contribution >= 4 is 17.5 Å². The minimum Gasteiger partial charge on any atom is -0.347 e. The lowest BCUT2D eigenvalue weighted by molar-refractivity contribution is 0.0731. The highest BCUT2D eigenvalue weighted by molar-refractivity contribution is 6.30. The van der Waals surface area contributed by atoms with E-state index in [1.807, 2.05) is 6.07 Å². The highest BCUT2D eigenvalue weighted by Crippen LogP contribution is 2.62. The quantitative estimate of drug-likeness (QED) is 0.404. The molecule has 2 bridgehead atoms. The second kappa shape index (κ2) is 9.74. The molecule has 1 heterocycles. The van der Waals surface area contributed by atoms with Crippen LogP contribution in [0.2, 0.25) is 5.02 Å². The van der Waals surface area contributed by atoms with E-state index in [-0.39, 0.29) is 22.8 Å². The average molecular weight is 522 g/mol. The maximum Gasteiger partial charge on any atom is 0.272 e. The Morgan fingerprint density at radius 1 is 1.08 bits per heavy atom. The Morgan fingerprint density at radius 2 is 1.86 bits per heavy atom. The third-order valence-corrected chi connectivity index (χ3v) is 11.0. The summed E-state index contributed by atoms with van der Waals surface area (Å²) in [4.78, 5) is 14.1. The second-order valence-corrected chi connectivity index (χ2v) is 14.0. The summed E-state index contributed by atoms with van der Waals surface area (Å²) in [6.45, 7) is 7.14. The van der Waals surface area contributed by atoms with Crippen LogP contribution >= 0.6 is 11.6 Å². The van der Waals surface area contributed by atoms with Crippen molar-refractivity contribution in [3.63, 3.8) is 0 Å². The number of nitrogens with one attached hydrogen (secondary N) is 1. The van der Waals surface area contributed by atoms with E-state index in [0.29, 0.717) is 17.9 Å². The van der Waals surface area contributed by atoms with Crippen molar-refractivity contribution in [2.75, 3.05) is 0 Å². The van der Waals surface area contributed by atoms with E-state index >= 15 is 0 Å². The Labute approximate surface area is 227 Å². The predicted molar refractivity (Wildman–Crippen MR) is 150 cm³/mol. The van der Waals surface area contributed by atoms with Gasteiger partial charge in [-0.2, -0.15) is 5.10 Å². The Morgan fingerprint density at radius 3 is 2.59 bits per heavy atom. The molecule has 6 rings (SSSR count). The summed E-state index contributed by atoms with van der Waals surface area (Å²) >= 11 is 6.37. The molecule has 2 aromatic rings. The molecule has 3 unspecified atom stereocenters. The van der Waals surface area contributed by atoms with Gasteiger partial charge in [-0.15, -0.1) is 0 Å². The van der Waals surface area contributed by atoms with Gasteiger partial charge in [-0.25, -0.2) is 0 Å². The van der Waals surface area contributed by atoms with Crippen LogP contribution in [0.1, 0.15) is 131 Å². The standard InChI is InChI=1S/C32H44ClN3O/c1-31(2)23-16-17-32(3,20-23)30(31)34-29(37)27-26-15-8-7-11-22(18-21-10-9-12-24(33)19-21)28(26)36(35-27)25-13-5-4-6-14-25/h9-10,12,19,22-23,25,30H,4-8,11,13-18,20H2,1-3H3,(H,34,37)/t22?,23?,30-,32?/m1/s1. The van der Waals surface area contributed by atoms with Gasteiger partial charge in [-0.1, -0.05) is 70.2 Å². The maximum atomic E-state index is 14.1. The molecule has 0 spiro atoms. The lowest BCUT2D eigenvalue weighted by atomic mass is 9.68. The summed E-state index contributed by atoms with van der Waals surface area (Å²) in [6, 6.07) is 8.96. The Hall–Kier alpha value is -1.81. The highest BCUT2D eigenvalue weighted by Gasteiger charge is 2.59. The van der Waals surface area contributed by atoms with E-state index in [1.165, 1.54) is 74.6 Å². The van der Waals surface area contributed by atoms with Gasteiger partial charge in [0.2, 0.25) is 0 Å². The number of hydrogen-bond acceptors (Lipinski definition) is 2. The van der Waals surface area contributed by atoms with Gasteiger partial charge in [0.05, 0.1) is 6.04 Å². The summed E-state index contributed by atoms with van der Waals surface area (Å²) in [5.41, 5.74) is 4.94. The molecule has 3 fully saturated rings. The number of carbonyl (C=O) groups excluding carboxylic acids is 1. The third-order valence-electron chi connectivity index (χ3n) is 10.7. The molecule has 200 valence electrons. The lowest BCUT2D eigenvalue weighted by Gasteiger charge is -2.43. The lowest BCUT2D eigenvalue weighted by Crippen LogP contribution is -2.52. The summed E-state index contributed by atoms with van der Waals surface area (Å²) in [6.07, 6.45) is 15.3. The number of aromatic nitrogens is 2. The molecule has 1 amide bonds. The van der Waals surface area contributed by atoms with Crippen LogP contribution < -0.4 is 5.32 Å². The number of halogens is 1. The highest BCUT2D eigenvalue weighted by atomic mass is 35.5. The van der Waals surface area contributed by atoms with E-state index in [1.54, 1.807) is 0 Å². The number of rotatable bonds is 5. The van der Waals surface area contributed by atoms with Crippen molar-refractivity contribution in [1.82, 2.24) is 15.1 Å². The van der Waals surface area contributed by atoms with Crippen LogP contribution in [-0.2, 0) is 12.8 Å². The third kappa shape index (κ3) is 4.56. The summed E-state index contributed by atoms with van der Waals surface area (Å²) in [7, 11) is 0. The molecule has 1 N–H and O–H groups in total. The van der Waals surface area contributed by atoms with Crippen LogP contribution in [0.25, 0.3) is 0 Å². The van der Waals surface area contributed by atoms with Crippen LogP contribution in [0, 0.1) is 16.7 Å². The van der Waals surface area contributed by atoms with Gasteiger partial charge in [-0.3, -0.25) is 9.48 Å². The SMILES string of the molecule is CC12CCC(C1)C(C)(C)[C@H]2NC(=O)c1nn(C2CCCCC2)c2c1CCCCC2Cc1cccc(Cl)c1. The fourth-order valence-corrected chi connectivity index (χ4v) is 9.00. The van der Waals surface area contributed by atoms with Crippen molar-refractivity contribution in [3.8, 4) is 0 Å². The van der Waals surface area contributed by atoms with Gasteiger partial charge in [0.1, 0.15) is 0 Å². The molecule has 4 atom stereocenters. The van der Waals surface area contributed by atoms with Crippen LogP contribution in [0.15, 0.2) is 24.3 Å². The molecule has 3 saturated carbocycles. The Balaban J connectivity index is 1.37. The summed E-state index contributed by atoms with van der Waals surface area (Å²) in [5.74, 6) is 1.16.